The maximum Gasteiger partial charge on any atom is 0.416 e. The van der Waals surface area contributed by atoms with Crippen molar-refractivity contribution >= 4 is 15.9 Å². The van der Waals surface area contributed by atoms with Gasteiger partial charge < -0.3 is 14.4 Å². The van der Waals surface area contributed by atoms with Crippen LogP contribution in [0.25, 0.3) is 0 Å². The van der Waals surface area contributed by atoms with Crippen LogP contribution in [-0.2, 0) is 27.4 Å². The highest BCUT2D eigenvalue weighted by Crippen LogP contribution is 2.38. The fourth-order valence-corrected chi connectivity index (χ4v) is 5.96. The Bertz CT molecular complexity index is 1210. The van der Waals surface area contributed by atoms with E-state index in [1.54, 1.807) is 25.9 Å². The summed E-state index contributed by atoms with van der Waals surface area (Å²) >= 11 is 0. The van der Waals surface area contributed by atoms with Gasteiger partial charge >= 0.3 is 6.18 Å². The van der Waals surface area contributed by atoms with Crippen molar-refractivity contribution in [1.29, 1.82) is 0 Å². The summed E-state index contributed by atoms with van der Waals surface area (Å²) in [5.74, 6) is 0.512. The summed E-state index contributed by atoms with van der Waals surface area (Å²) in [6.45, 7) is 5.26. The van der Waals surface area contributed by atoms with Crippen LogP contribution < -0.4 is 9.47 Å². The molecule has 0 fully saturated rings. The number of hydrogen-bond acceptors (Lipinski definition) is 5. The predicted octanol–water partition coefficient (Wildman–Crippen LogP) is 4.52. The Balaban J connectivity index is 1.90. The van der Waals surface area contributed by atoms with Gasteiger partial charge in [-0.3, -0.25) is 4.79 Å². The molecule has 2 aromatic carbocycles. The van der Waals surface area contributed by atoms with Crippen LogP contribution in [0.4, 0.5) is 13.2 Å². The third kappa shape index (κ3) is 5.78. The zero-order chi connectivity index (χ0) is 26.8. The van der Waals surface area contributed by atoms with E-state index >= 15 is 0 Å². The van der Waals surface area contributed by atoms with E-state index in [0.717, 1.165) is 33.6 Å². The molecule has 1 amide bonds. The Morgan fingerprint density at radius 2 is 1.78 bits per heavy atom. The largest absolute Gasteiger partial charge is 0.493 e. The number of alkyl halides is 3. The first-order valence-electron chi connectivity index (χ1n) is 11.5. The smallest absolute Gasteiger partial charge is 0.416 e. The first-order chi connectivity index (χ1) is 16.8. The van der Waals surface area contributed by atoms with Gasteiger partial charge in [-0.15, -0.1) is 0 Å². The van der Waals surface area contributed by atoms with Crippen LogP contribution in [0.15, 0.2) is 41.3 Å². The molecule has 1 heterocycles. The van der Waals surface area contributed by atoms with E-state index in [2.05, 4.69) is 0 Å². The first kappa shape index (κ1) is 27.8. The van der Waals surface area contributed by atoms with Crippen molar-refractivity contribution in [2.45, 2.75) is 44.3 Å². The Hall–Kier alpha value is -2.79. The predicted molar refractivity (Wildman–Crippen MR) is 128 cm³/mol. The van der Waals surface area contributed by atoms with Gasteiger partial charge in [-0.2, -0.15) is 17.5 Å². The molecule has 1 aliphatic heterocycles. The third-order valence-corrected chi connectivity index (χ3v) is 7.99. The van der Waals surface area contributed by atoms with Gasteiger partial charge in [0.1, 0.15) is 0 Å². The molecule has 11 heteroatoms. The number of fused-ring (bicyclic) bond motifs is 1. The standard InChI is InChI=1S/C25H31F3N2O5S/c1-16(2)14-29(36(32,33)20-8-6-7-19(12-20)25(26,27)28)15-24(31)30-10-9-18-11-22(34-4)23(35-5)13-21(18)17(30)3/h6-8,11-13,16-17H,9-10,14-15H2,1-5H3. The highest BCUT2D eigenvalue weighted by molar-refractivity contribution is 7.89. The van der Waals surface area contributed by atoms with E-state index in [9.17, 15) is 26.4 Å². The minimum atomic E-state index is -4.69. The van der Waals surface area contributed by atoms with Gasteiger partial charge in [0.15, 0.2) is 11.5 Å². The molecule has 1 unspecified atom stereocenters. The molecule has 3 rings (SSSR count). The molecule has 0 bridgehead atoms. The van der Waals surface area contributed by atoms with E-state index in [0.29, 0.717) is 30.5 Å². The molecule has 1 aliphatic rings. The summed E-state index contributed by atoms with van der Waals surface area (Å²) < 4.78 is 78.0. The molecule has 0 saturated carbocycles. The lowest BCUT2D eigenvalue weighted by molar-refractivity contribution is -0.138. The van der Waals surface area contributed by atoms with Crippen molar-refractivity contribution in [2.24, 2.45) is 5.92 Å². The summed E-state index contributed by atoms with van der Waals surface area (Å²) in [6.07, 6.45) is -4.15. The van der Waals surface area contributed by atoms with E-state index in [1.807, 2.05) is 19.1 Å². The number of rotatable bonds is 8. The van der Waals surface area contributed by atoms with E-state index in [1.165, 1.54) is 7.11 Å². The average molecular weight is 529 g/mol. The maximum atomic E-state index is 13.4. The van der Waals surface area contributed by atoms with E-state index in [4.69, 9.17) is 9.47 Å². The number of sulfonamides is 1. The van der Waals surface area contributed by atoms with E-state index < -0.39 is 39.1 Å². The minimum absolute atomic E-state index is 0.0197. The van der Waals surface area contributed by atoms with E-state index in [-0.39, 0.29) is 18.5 Å². The van der Waals surface area contributed by atoms with Crippen molar-refractivity contribution in [1.82, 2.24) is 9.21 Å². The van der Waals surface area contributed by atoms with Gasteiger partial charge in [0, 0.05) is 13.1 Å². The summed E-state index contributed by atoms with van der Waals surface area (Å²) in [6, 6.07) is 6.90. The molecule has 0 aromatic heterocycles. The molecule has 0 saturated heterocycles. The number of carbonyl (C=O) groups is 1. The van der Waals surface area contributed by atoms with Gasteiger partial charge in [0.25, 0.3) is 0 Å². The van der Waals surface area contributed by atoms with Crippen LogP contribution in [0.1, 0.15) is 43.5 Å². The summed E-state index contributed by atoms with van der Waals surface area (Å²) in [5.41, 5.74) is 0.799. The van der Waals surface area contributed by atoms with Crippen molar-refractivity contribution in [3.05, 3.63) is 53.1 Å². The quantitative estimate of drug-likeness (QED) is 0.504. The average Bonchev–Trinajstić information content (AvgIpc) is 2.82. The SMILES string of the molecule is COc1cc2c(cc1OC)C(C)N(C(=O)CN(CC(C)C)S(=O)(=O)c1cccc(C(F)(F)F)c1)CC2. The van der Waals surface area contributed by atoms with Crippen molar-refractivity contribution in [3.63, 3.8) is 0 Å². The maximum absolute atomic E-state index is 13.4. The van der Waals surface area contributed by atoms with Gasteiger partial charge in [0.2, 0.25) is 15.9 Å². The summed E-state index contributed by atoms with van der Waals surface area (Å²) in [7, 11) is -1.30. The molecule has 2 aromatic rings. The molecule has 36 heavy (non-hydrogen) atoms. The number of halogens is 3. The molecule has 1 atom stereocenters. The van der Waals surface area contributed by atoms with Crippen LogP contribution in [0.2, 0.25) is 0 Å². The van der Waals surface area contributed by atoms with Crippen LogP contribution in [-0.4, -0.2) is 57.4 Å². The summed E-state index contributed by atoms with van der Waals surface area (Å²) in [5, 5.41) is 0. The monoisotopic (exact) mass is 528 g/mol. The topological polar surface area (TPSA) is 76.2 Å². The molecule has 0 N–H and O–H groups in total. The van der Waals surface area contributed by atoms with Crippen molar-refractivity contribution in [2.75, 3.05) is 33.9 Å². The Kier molecular flexibility index (Phi) is 8.24. The molecule has 7 nitrogen and oxygen atoms in total. The second-order valence-electron chi connectivity index (χ2n) is 9.14. The van der Waals surface area contributed by atoms with Gasteiger partial charge in [0.05, 0.1) is 37.3 Å². The molecular weight excluding hydrogens is 497 g/mol. The van der Waals surface area contributed by atoms with Gasteiger partial charge in [-0.25, -0.2) is 8.42 Å². The fraction of sp³-hybridized carbons (Fsp3) is 0.480. The number of ether oxygens (including phenoxy) is 2. The highest BCUT2D eigenvalue weighted by atomic mass is 32.2. The number of carbonyl (C=O) groups excluding carboxylic acids is 1. The zero-order valence-corrected chi connectivity index (χ0v) is 21.7. The van der Waals surface area contributed by atoms with Crippen LogP contribution >= 0.6 is 0 Å². The minimum Gasteiger partial charge on any atom is -0.493 e. The molecule has 0 aliphatic carbocycles. The second kappa shape index (κ2) is 10.7. The van der Waals surface area contributed by atoms with Crippen LogP contribution in [0.3, 0.4) is 0 Å². The summed E-state index contributed by atoms with van der Waals surface area (Å²) in [4.78, 5) is 14.5. The highest BCUT2D eigenvalue weighted by Gasteiger charge is 2.36. The Labute approximate surface area is 209 Å². The molecule has 0 radical (unpaired) electrons. The lowest BCUT2D eigenvalue weighted by Crippen LogP contribution is -2.47. The van der Waals surface area contributed by atoms with Crippen LogP contribution in [0, 0.1) is 5.92 Å². The fourth-order valence-electron chi connectivity index (χ4n) is 4.36. The lowest BCUT2D eigenvalue weighted by Gasteiger charge is -2.37. The Morgan fingerprint density at radius 1 is 1.14 bits per heavy atom. The number of nitrogens with zero attached hydrogens (tertiary/aromatic N) is 2. The van der Waals surface area contributed by atoms with Gasteiger partial charge in [-0.1, -0.05) is 19.9 Å². The number of methoxy groups -OCH3 is 2. The van der Waals surface area contributed by atoms with Crippen LogP contribution in [0.5, 0.6) is 11.5 Å². The zero-order valence-electron chi connectivity index (χ0n) is 20.9. The Morgan fingerprint density at radius 3 is 2.36 bits per heavy atom. The van der Waals surface area contributed by atoms with Crippen molar-refractivity contribution < 1.29 is 35.9 Å². The number of hydrogen-bond donors (Lipinski definition) is 0. The van der Waals surface area contributed by atoms with Crippen molar-refractivity contribution in [3.8, 4) is 11.5 Å². The lowest BCUT2D eigenvalue weighted by atomic mass is 9.92. The number of amides is 1. The normalized spacial score (nSPS) is 16.3. The number of benzene rings is 2. The first-order valence-corrected chi connectivity index (χ1v) is 12.9. The van der Waals surface area contributed by atoms with Gasteiger partial charge in [-0.05, 0) is 60.7 Å². The molecule has 0 spiro atoms. The third-order valence-electron chi connectivity index (χ3n) is 6.18. The second-order valence-corrected chi connectivity index (χ2v) is 11.1. The molecule has 198 valence electrons. The molecular formula is C25H31F3N2O5S.